The minimum absolute atomic E-state index is 0. The largest absolute Gasteiger partial charge is 0.482 e. The average Bonchev–Trinajstić information content (AvgIpc) is 0.918. The second-order valence-corrected chi connectivity index (χ2v) is 0.115. The Kier molecular flexibility index (Phi) is 65.4. The van der Waals surface area contributed by atoms with Crippen molar-refractivity contribution in [1.29, 1.82) is 0 Å². The van der Waals surface area contributed by atoms with Gasteiger partial charge in [-0.2, -0.15) is 0 Å². The second kappa shape index (κ2) is 19.7. The first-order chi connectivity index (χ1) is 1.41. The topological polar surface area (TPSA) is 72.0 Å². The summed E-state index contributed by atoms with van der Waals surface area (Å²) < 4.78 is 0. The van der Waals surface area contributed by atoms with E-state index < -0.39 is 0 Å². The van der Waals surface area contributed by atoms with Crippen molar-refractivity contribution in [2.24, 2.45) is 0 Å². The van der Waals surface area contributed by atoms with Gasteiger partial charge in [-0.15, -0.1) is 0 Å². The minimum atomic E-state index is 0. The molecule has 0 aromatic rings. The Morgan fingerprint density at radius 2 is 1.20 bits per heavy atom. The van der Waals surface area contributed by atoms with Gasteiger partial charge in [0.2, 0.25) is 0 Å². The zero-order valence-corrected chi connectivity index (χ0v) is 5.39. The van der Waals surface area contributed by atoms with Crippen LogP contribution in [0.2, 0.25) is 0 Å². The molecule has 2 radical (unpaired) electrons. The van der Waals surface area contributed by atoms with E-state index in [0.717, 1.165) is 0 Å². The molecule has 3 nitrogen and oxygen atoms in total. The molecule has 0 heterocycles. The molecular weight excluding hydrogens is 148 g/mol. The van der Waals surface area contributed by atoms with Gasteiger partial charge in [0, 0.05) is 32.7 Å². The fourth-order valence-corrected chi connectivity index (χ4v) is 0. The summed E-state index contributed by atoms with van der Waals surface area (Å²) in [7, 11) is 0. The number of hydrogen-bond acceptors (Lipinski definition) is 2. The Bertz CT molecular complexity index is 6.85. The zero-order chi connectivity index (χ0) is 2.71. The molecule has 0 atom stereocenters. The monoisotopic (exact) mass is 152 g/mol. The van der Waals surface area contributed by atoms with Crippen molar-refractivity contribution in [3.05, 3.63) is 0 Å². The summed E-state index contributed by atoms with van der Waals surface area (Å²) in [5, 5.41) is 14.0. The summed E-state index contributed by atoms with van der Waals surface area (Å²) in [5.74, 6) is 0. The Labute approximate surface area is 55.9 Å². The van der Waals surface area contributed by atoms with Gasteiger partial charge in [-0.3, -0.25) is 0 Å². The van der Waals surface area contributed by atoms with Gasteiger partial charge in [0.05, 0.1) is 0 Å². The van der Waals surface area contributed by atoms with Crippen molar-refractivity contribution in [2.75, 3.05) is 0 Å². The first-order valence-corrected chi connectivity index (χ1v) is 0.516. The zero-order valence-electron chi connectivity index (χ0n) is 2.55. The van der Waals surface area contributed by atoms with Gasteiger partial charge in [-0.05, 0) is 0 Å². The third-order valence-electron chi connectivity index (χ3n) is 0. The van der Waals surface area contributed by atoms with Crippen LogP contribution in [0.1, 0.15) is 0 Å². The van der Waals surface area contributed by atoms with Gasteiger partial charge in [0.1, 0.15) is 0 Å². The smallest absolute Gasteiger partial charge is 0.429 e. The summed E-state index contributed by atoms with van der Waals surface area (Å²) in [6.07, 6.45) is 0. The molecule has 0 aromatic carbocycles. The van der Waals surface area contributed by atoms with E-state index in [1.807, 2.05) is 0 Å². The first-order valence-electron chi connectivity index (χ1n) is 0.516. The van der Waals surface area contributed by atoms with Crippen molar-refractivity contribution in [1.82, 2.24) is 0 Å². The quantitative estimate of drug-likeness (QED) is 0.382. The molecule has 0 aromatic heterocycles. The first kappa shape index (κ1) is 16.6. The van der Waals surface area contributed by atoms with E-state index in [2.05, 4.69) is 0 Å². The van der Waals surface area contributed by atoms with E-state index in [-0.39, 0.29) is 45.9 Å². The van der Waals surface area contributed by atoms with Crippen molar-refractivity contribution in [2.45, 2.75) is 0 Å². The normalized spacial score (nSPS) is 2.80. The molecule has 0 saturated carbocycles. The van der Waals surface area contributed by atoms with Crippen molar-refractivity contribution in [3.8, 4) is 0 Å². The van der Waals surface area contributed by atoms with Crippen LogP contribution in [-0.2, 0) is 32.7 Å². The van der Waals surface area contributed by atoms with Gasteiger partial charge >= 0.3 is 7.69 Å². The van der Waals surface area contributed by atoms with Gasteiger partial charge < -0.3 is 15.5 Å². The van der Waals surface area contributed by atoms with E-state index >= 15 is 0 Å². The Morgan fingerprint density at radius 1 is 1.20 bits per heavy atom. The molecule has 0 fully saturated rings. The minimum Gasteiger partial charge on any atom is -0.429 e. The summed E-state index contributed by atoms with van der Waals surface area (Å²) in [6.45, 7) is 0. The maximum atomic E-state index is 7.00. The molecule has 0 saturated heterocycles. The third-order valence-corrected chi connectivity index (χ3v) is 0. The molecular formula is H4BO3Y. The predicted octanol–water partition coefficient (Wildman–Crippen LogP) is -2.32. The van der Waals surface area contributed by atoms with Crippen LogP contribution < -0.4 is 0 Å². The van der Waals surface area contributed by atoms with Crippen LogP contribution in [0, 0.1) is 0 Å². The van der Waals surface area contributed by atoms with Crippen molar-refractivity contribution in [3.63, 3.8) is 0 Å². The molecule has 0 aliphatic heterocycles. The van der Waals surface area contributed by atoms with E-state index in [0.29, 0.717) is 0 Å². The summed E-state index contributed by atoms with van der Waals surface area (Å²) >= 11 is 0. The van der Waals surface area contributed by atoms with Crippen LogP contribution in [-0.4, -0.2) is 23.2 Å². The molecule has 5 heteroatoms. The fraction of sp³-hybridized carbons (Fsp3) is 0. The molecule has 0 amide bonds. The average molecular weight is 152 g/mol. The maximum Gasteiger partial charge on any atom is 0.482 e. The van der Waals surface area contributed by atoms with Gasteiger partial charge in [-0.25, -0.2) is 0 Å². The van der Waals surface area contributed by atoms with Crippen molar-refractivity contribution < 1.29 is 48.2 Å². The Balaban J connectivity index is -0.0000000200. The molecule has 0 spiro atoms. The van der Waals surface area contributed by atoms with Crippen LogP contribution in [0.3, 0.4) is 0 Å². The fourth-order valence-electron chi connectivity index (χ4n) is 0. The molecule has 0 unspecified atom stereocenters. The van der Waals surface area contributed by atoms with E-state index in [4.69, 9.17) is 10.0 Å². The standard InChI is InChI=1S/BH2O2.H2O.Y/c2-1-3;;/h2-3H;1H2;. The van der Waals surface area contributed by atoms with Crippen LogP contribution in [0.4, 0.5) is 0 Å². The van der Waals surface area contributed by atoms with Crippen LogP contribution in [0.15, 0.2) is 0 Å². The number of rotatable bonds is 0. The Hall–Kier alpha value is 1.05. The van der Waals surface area contributed by atoms with Crippen LogP contribution >= 0.6 is 0 Å². The Morgan fingerprint density at radius 3 is 1.20 bits per heavy atom. The van der Waals surface area contributed by atoms with E-state index in [1.54, 1.807) is 0 Å². The summed E-state index contributed by atoms with van der Waals surface area (Å²) in [5.41, 5.74) is 0. The molecule has 0 rings (SSSR count). The molecule has 0 aliphatic rings. The molecule has 4 N–H and O–H groups in total. The molecule has 28 valence electrons. The molecule has 5 heavy (non-hydrogen) atoms. The summed E-state index contributed by atoms with van der Waals surface area (Å²) in [4.78, 5) is 0. The third kappa shape index (κ3) is 42.7. The van der Waals surface area contributed by atoms with E-state index in [1.165, 1.54) is 0 Å². The van der Waals surface area contributed by atoms with Crippen LogP contribution in [0.25, 0.3) is 0 Å². The predicted molar refractivity (Wildman–Crippen MR) is 13.8 cm³/mol. The summed E-state index contributed by atoms with van der Waals surface area (Å²) in [6, 6.07) is 0. The van der Waals surface area contributed by atoms with Gasteiger partial charge in [-0.1, -0.05) is 0 Å². The molecule has 0 bridgehead atoms. The van der Waals surface area contributed by atoms with Gasteiger partial charge in [0.25, 0.3) is 0 Å². The van der Waals surface area contributed by atoms with Crippen molar-refractivity contribution >= 4 is 7.69 Å². The SMILES string of the molecule is O.O[B]O.[Y]. The van der Waals surface area contributed by atoms with Crippen LogP contribution in [0.5, 0.6) is 0 Å². The van der Waals surface area contributed by atoms with Gasteiger partial charge in [0.15, 0.2) is 0 Å². The number of hydrogen-bond donors (Lipinski definition) is 2. The van der Waals surface area contributed by atoms with E-state index in [9.17, 15) is 0 Å². The second-order valence-electron chi connectivity index (χ2n) is 0.115. The molecule has 0 aliphatic carbocycles. The maximum absolute atomic E-state index is 7.00.